The number of halogens is 1. The Kier molecular flexibility index (Phi) is 6.39. The molecule has 2 heterocycles. The fourth-order valence-corrected chi connectivity index (χ4v) is 4.13. The average molecular weight is 457 g/mol. The van der Waals surface area contributed by atoms with Crippen LogP contribution in [0.1, 0.15) is 23.6 Å². The maximum absolute atomic E-state index is 13.1. The minimum atomic E-state index is -0.706. The van der Waals surface area contributed by atoms with Gasteiger partial charge in [-0.15, -0.1) is 0 Å². The number of benzene rings is 2. The normalized spacial score (nSPS) is 19.6. The quantitative estimate of drug-likeness (QED) is 0.407. The topological polar surface area (TPSA) is 79.3 Å². The zero-order chi connectivity index (χ0) is 22.8. The summed E-state index contributed by atoms with van der Waals surface area (Å²) in [6.07, 6.45) is 0.689. The van der Waals surface area contributed by atoms with Gasteiger partial charge in [-0.3, -0.25) is 9.59 Å². The summed E-state index contributed by atoms with van der Waals surface area (Å²) in [4.78, 5) is 29.6. The molecule has 2 aromatic carbocycles. The Labute approximate surface area is 191 Å². The summed E-state index contributed by atoms with van der Waals surface area (Å²) in [5.74, 6) is -0.505. The number of hydrogen-bond donors (Lipinski definition) is 1. The Bertz CT molecular complexity index is 1060. The van der Waals surface area contributed by atoms with E-state index in [1.165, 1.54) is 4.90 Å². The van der Waals surface area contributed by atoms with Crippen LogP contribution in [0.4, 0.5) is 0 Å². The number of aliphatic hydroxyl groups is 1. The molecule has 32 heavy (non-hydrogen) atoms. The number of ketones is 1. The smallest absolute Gasteiger partial charge is 0.295 e. The second-order valence-electron chi connectivity index (χ2n) is 8.06. The number of carbonyl (C=O) groups excluding carboxylic acids is 2. The van der Waals surface area contributed by atoms with Crippen molar-refractivity contribution in [3.05, 3.63) is 64.2 Å². The van der Waals surface area contributed by atoms with E-state index in [9.17, 15) is 14.7 Å². The molecule has 168 valence electrons. The molecular formula is C24H25ClN2O5. The van der Waals surface area contributed by atoms with E-state index in [0.29, 0.717) is 53.8 Å². The van der Waals surface area contributed by atoms with Crippen LogP contribution < -0.4 is 9.47 Å². The minimum Gasteiger partial charge on any atom is -0.507 e. The molecule has 7 nitrogen and oxygen atoms in total. The van der Waals surface area contributed by atoms with Crippen molar-refractivity contribution in [3.63, 3.8) is 0 Å². The third-order valence-electron chi connectivity index (χ3n) is 5.55. The molecule has 0 saturated carbocycles. The second-order valence-corrected chi connectivity index (χ2v) is 8.50. The Morgan fingerprint density at radius 3 is 2.47 bits per heavy atom. The van der Waals surface area contributed by atoms with Crippen molar-refractivity contribution in [1.82, 2.24) is 9.80 Å². The van der Waals surface area contributed by atoms with Gasteiger partial charge < -0.3 is 24.4 Å². The molecule has 2 aromatic rings. The fourth-order valence-electron chi connectivity index (χ4n) is 4.01. The summed E-state index contributed by atoms with van der Waals surface area (Å²) >= 11 is 6.05. The van der Waals surface area contributed by atoms with Crippen molar-refractivity contribution in [2.45, 2.75) is 12.5 Å². The monoisotopic (exact) mass is 456 g/mol. The van der Waals surface area contributed by atoms with Gasteiger partial charge in [-0.25, -0.2) is 0 Å². The second kappa shape index (κ2) is 9.22. The first kappa shape index (κ1) is 22.2. The van der Waals surface area contributed by atoms with Crippen LogP contribution in [0.5, 0.6) is 11.5 Å². The SMILES string of the molecule is CN(C)CCCN1C(=O)C(=O)/C(=C(\O)c2ccc3c(c2)OCCO3)C1c1ccc(Cl)cc1. The predicted octanol–water partition coefficient (Wildman–Crippen LogP) is 3.48. The van der Waals surface area contributed by atoms with Gasteiger partial charge in [-0.05, 0) is 63.0 Å². The average Bonchev–Trinajstić information content (AvgIpc) is 3.03. The van der Waals surface area contributed by atoms with Crippen molar-refractivity contribution < 1.29 is 24.2 Å². The highest BCUT2D eigenvalue weighted by atomic mass is 35.5. The lowest BCUT2D eigenvalue weighted by atomic mass is 9.95. The molecule has 1 atom stereocenters. The Hall–Kier alpha value is -3.03. The van der Waals surface area contributed by atoms with Gasteiger partial charge in [-0.1, -0.05) is 23.7 Å². The molecule has 1 amide bonds. The van der Waals surface area contributed by atoms with E-state index in [1.54, 1.807) is 42.5 Å². The Morgan fingerprint density at radius 2 is 1.78 bits per heavy atom. The lowest BCUT2D eigenvalue weighted by molar-refractivity contribution is -0.139. The highest BCUT2D eigenvalue weighted by Crippen LogP contribution is 2.41. The van der Waals surface area contributed by atoms with Crippen molar-refractivity contribution in [1.29, 1.82) is 0 Å². The zero-order valence-electron chi connectivity index (χ0n) is 18.0. The van der Waals surface area contributed by atoms with Gasteiger partial charge in [-0.2, -0.15) is 0 Å². The molecule has 0 spiro atoms. The maximum Gasteiger partial charge on any atom is 0.295 e. The van der Waals surface area contributed by atoms with E-state index in [-0.39, 0.29) is 11.3 Å². The van der Waals surface area contributed by atoms with Crippen molar-refractivity contribution in [2.24, 2.45) is 0 Å². The van der Waals surface area contributed by atoms with Crippen LogP contribution in [-0.2, 0) is 9.59 Å². The van der Waals surface area contributed by atoms with Gasteiger partial charge in [0.1, 0.15) is 19.0 Å². The molecule has 1 N–H and O–H groups in total. The molecule has 1 fully saturated rings. The third-order valence-corrected chi connectivity index (χ3v) is 5.80. The van der Waals surface area contributed by atoms with E-state index in [4.69, 9.17) is 21.1 Å². The number of rotatable bonds is 6. The van der Waals surface area contributed by atoms with Crippen molar-refractivity contribution >= 4 is 29.1 Å². The van der Waals surface area contributed by atoms with Crippen LogP contribution in [0.25, 0.3) is 5.76 Å². The first-order valence-electron chi connectivity index (χ1n) is 10.5. The van der Waals surface area contributed by atoms with E-state index < -0.39 is 17.7 Å². The third kappa shape index (κ3) is 4.31. The first-order chi connectivity index (χ1) is 15.4. The first-order valence-corrected chi connectivity index (χ1v) is 10.8. The van der Waals surface area contributed by atoms with E-state index in [1.807, 2.05) is 19.0 Å². The van der Waals surface area contributed by atoms with Crippen LogP contribution in [-0.4, -0.2) is 67.0 Å². The van der Waals surface area contributed by atoms with Crippen LogP contribution in [0, 0.1) is 0 Å². The van der Waals surface area contributed by atoms with Crippen LogP contribution >= 0.6 is 11.6 Å². The molecule has 2 aliphatic heterocycles. The summed E-state index contributed by atoms with van der Waals surface area (Å²) in [5, 5.41) is 11.7. The van der Waals surface area contributed by atoms with E-state index in [0.717, 1.165) is 6.54 Å². The number of hydrogen-bond acceptors (Lipinski definition) is 6. The Morgan fingerprint density at radius 1 is 1.09 bits per heavy atom. The molecule has 0 aromatic heterocycles. The molecule has 0 aliphatic carbocycles. The van der Waals surface area contributed by atoms with E-state index in [2.05, 4.69) is 0 Å². The summed E-state index contributed by atoms with van der Waals surface area (Å²) in [6.45, 7) is 2.00. The van der Waals surface area contributed by atoms with Gasteiger partial charge in [0.25, 0.3) is 11.7 Å². The van der Waals surface area contributed by atoms with Gasteiger partial charge in [0, 0.05) is 17.1 Å². The van der Waals surface area contributed by atoms with Crippen LogP contribution in [0.2, 0.25) is 5.02 Å². The zero-order valence-corrected chi connectivity index (χ0v) is 18.8. The van der Waals surface area contributed by atoms with Gasteiger partial charge in [0.05, 0.1) is 11.6 Å². The molecule has 1 unspecified atom stereocenters. The number of carbonyl (C=O) groups is 2. The standard InChI is InChI=1S/C24H25ClN2O5/c1-26(2)10-3-11-27-21(15-4-7-17(25)8-5-15)20(23(29)24(27)30)22(28)16-6-9-18-19(14-16)32-13-12-31-18/h4-9,14,21,28H,3,10-13H2,1-2H3/b22-20-. The predicted molar refractivity (Wildman–Crippen MR) is 121 cm³/mol. The maximum atomic E-state index is 13.1. The fraction of sp³-hybridized carbons (Fsp3) is 0.333. The number of likely N-dealkylation sites (tertiary alicyclic amines) is 1. The number of ether oxygens (including phenoxy) is 2. The highest BCUT2D eigenvalue weighted by Gasteiger charge is 2.45. The summed E-state index contributed by atoms with van der Waals surface area (Å²) in [6, 6.07) is 11.2. The minimum absolute atomic E-state index is 0.0545. The lowest BCUT2D eigenvalue weighted by Crippen LogP contribution is -2.32. The van der Waals surface area contributed by atoms with Gasteiger partial charge >= 0.3 is 0 Å². The number of Topliss-reactive ketones (excluding diaryl/α,β-unsaturated/α-hetero) is 1. The molecule has 0 bridgehead atoms. The summed E-state index contributed by atoms with van der Waals surface area (Å²) < 4.78 is 11.1. The molecular weight excluding hydrogens is 432 g/mol. The van der Waals surface area contributed by atoms with Crippen LogP contribution in [0.3, 0.4) is 0 Å². The van der Waals surface area contributed by atoms with Gasteiger partial charge in [0.2, 0.25) is 0 Å². The molecule has 8 heteroatoms. The van der Waals surface area contributed by atoms with Crippen LogP contribution in [0.15, 0.2) is 48.0 Å². The van der Waals surface area contributed by atoms with E-state index >= 15 is 0 Å². The number of nitrogens with zero attached hydrogens (tertiary/aromatic N) is 2. The molecule has 2 aliphatic rings. The number of aliphatic hydroxyl groups excluding tert-OH is 1. The number of fused-ring (bicyclic) bond motifs is 1. The molecule has 1 saturated heterocycles. The van der Waals surface area contributed by atoms with Gasteiger partial charge in [0.15, 0.2) is 11.5 Å². The number of amides is 1. The highest BCUT2D eigenvalue weighted by molar-refractivity contribution is 6.46. The van der Waals surface area contributed by atoms with Crippen molar-refractivity contribution in [3.8, 4) is 11.5 Å². The molecule has 4 rings (SSSR count). The van der Waals surface area contributed by atoms with Crippen molar-refractivity contribution in [2.75, 3.05) is 40.4 Å². The Balaban J connectivity index is 1.77. The summed E-state index contributed by atoms with van der Waals surface area (Å²) in [7, 11) is 3.90. The summed E-state index contributed by atoms with van der Waals surface area (Å²) in [5.41, 5.74) is 1.15. The molecule has 0 radical (unpaired) electrons. The largest absolute Gasteiger partial charge is 0.507 e. The lowest BCUT2D eigenvalue weighted by Gasteiger charge is -2.26.